The average Bonchev–Trinajstić information content (AvgIpc) is 3.69. The largest absolute Gasteiger partial charge is 0.486 e. The summed E-state index contributed by atoms with van der Waals surface area (Å²) in [7, 11) is -3.51. The lowest BCUT2D eigenvalue weighted by atomic mass is 10.2. The SMILES string of the molecule is CCOC(=O)CC(=O)Cl.CCOC1=C(OCC)NS(=O)(=O)N1.CCOC1=C(OCC)NS(=O)N1.CCOc1c(OCC)c(=O)c1=O.O=C1NC(=O)C(Cl)=C1Cl. The van der Waals surface area contributed by atoms with Gasteiger partial charge in [0.15, 0.2) is 0 Å². The van der Waals surface area contributed by atoms with E-state index in [4.69, 9.17) is 63.2 Å². The molecule has 0 radical (unpaired) electrons. The van der Waals surface area contributed by atoms with Gasteiger partial charge in [0.25, 0.3) is 46.2 Å². The topological polar surface area (TPSA) is 278 Å². The summed E-state index contributed by atoms with van der Waals surface area (Å²) in [6.07, 6.45) is -0.338. The Bertz CT molecular complexity index is 1690. The van der Waals surface area contributed by atoms with Gasteiger partial charge in [-0.25, -0.2) is 13.7 Å². The second kappa shape index (κ2) is 26.4. The average molecular weight is 887 g/mol. The van der Waals surface area contributed by atoms with Crippen LogP contribution in [0.15, 0.2) is 43.2 Å². The van der Waals surface area contributed by atoms with Crippen LogP contribution in [0.5, 0.6) is 11.5 Å². The van der Waals surface area contributed by atoms with Crippen LogP contribution in [-0.2, 0) is 64.2 Å². The van der Waals surface area contributed by atoms with Gasteiger partial charge < -0.3 is 33.2 Å². The molecule has 0 aromatic heterocycles. The monoisotopic (exact) mass is 885 g/mol. The molecule has 0 fully saturated rings. The number of halogens is 3. The smallest absolute Gasteiger partial charge is 0.326 e. The number of carbonyl (C=O) groups excluding carboxylic acids is 4. The molecule has 0 saturated heterocycles. The number of carbonyl (C=O) groups is 4. The highest BCUT2D eigenvalue weighted by Crippen LogP contribution is 2.20. The predicted octanol–water partition coefficient (Wildman–Crippen LogP) is 0.698. The number of hydrogen-bond acceptors (Lipinski definition) is 16. The van der Waals surface area contributed by atoms with E-state index in [2.05, 4.69) is 23.6 Å². The summed E-state index contributed by atoms with van der Waals surface area (Å²) in [5, 5.41) is 0.745. The van der Waals surface area contributed by atoms with Crippen molar-refractivity contribution >= 4 is 79.2 Å². The van der Waals surface area contributed by atoms with Crippen LogP contribution in [0.1, 0.15) is 54.9 Å². The normalized spacial score (nSPS) is 15.0. The van der Waals surface area contributed by atoms with Gasteiger partial charge in [0.1, 0.15) is 16.5 Å². The molecule has 312 valence electrons. The summed E-state index contributed by atoms with van der Waals surface area (Å²) in [6, 6.07) is 0. The van der Waals surface area contributed by atoms with E-state index in [9.17, 15) is 41.4 Å². The molecule has 0 spiro atoms. The Morgan fingerprint density at radius 2 is 0.945 bits per heavy atom. The van der Waals surface area contributed by atoms with Gasteiger partial charge in [-0.15, -0.1) is 0 Å². The van der Waals surface area contributed by atoms with Crippen LogP contribution >= 0.6 is 34.8 Å². The number of nitrogens with one attached hydrogen (secondary N) is 5. The van der Waals surface area contributed by atoms with Crippen LogP contribution < -0.4 is 44.5 Å². The van der Waals surface area contributed by atoms with E-state index in [1.807, 2.05) is 19.2 Å². The lowest BCUT2D eigenvalue weighted by Gasteiger charge is -2.10. The number of hydrogen-bond donors (Lipinski definition) is 5. The number of ether oxygens (including phenoxy) is 7. The van der Waals surface area contributed by atoms with E-state index in [1.165, 1.54) is 0 Å². The summed E-state index contributed by atoms with van der Waals surface area (Å²) in [4.78, 5) is 62.7. The molecule has 0 bridgehead atoms. The van der Waals surface area contributed by atoms with Gasteiger partial charge in [0.2, 0.25) is 27.9 Å². The number of imide groups is 1. The summed E-state index contributed by atoms with van der Waals surface area (Å²) in [5.74, 6) is -0.631. The molecule has 1 aromatic carbocycles. The van der Waals surface area contributed by atoms with Gasteiger partial charge in [-0.3, -0.25) is 43.5 Å². The van der Waals surface area contributed by atoms with Gasteiger partial charge in [-0.1, -0.05) is 23.2 Å². The first-order chi connectivity index (χ1) is 25.9. The third-order valence-electron chi connectivity index (χ3n) is 5.20. The molecular formula is C29H42Cl3N5O16S2. The molecule has 1 aromatic rings. The Kier molecular flexibility index (Phi) is 24.2. The molecule has 21 nitrogen and oxygen atoms in total. The summed E-state index contributed by atoms with van der Waals surface area (Å²) >= 11 is 14.0. The Hall–Kier alpha value is -4.45. The lowest BCUT2D eigenvalue weighted by molar-refractivity contribution is -0.144. The van der Waals surface area contributed by atoms with E-state index in [0.717, 1.165) is 0 Å². The third kappa shape index (κ3) is 18.2. The minimum atomic E-state index is -3.51. The van der Waals surface area contributed by atoms with Crippen molar-refractivity contribution < 1.29 is 65.0 Å². The maximum Gasteiger partial charge on any atom is 0.326 e. The molecular weight excluding hydrogens is 845 g/mol. The summed E-state index contributed by atoms with van der Waals surface area (Å²) in [5.41, 5.74) is -1.17. The molecule has 0 atom stereocenters. The third-order valence-corrected chi connectivity index (χ3v) is 7.80. The van der Waals surface area contributed by atoms with E-state index in [0.29, 0.717) is 51.4 Å². The van der Waals surface area contributed by atoms with Crippen molar-refractivity contribution in [2.24, 2.45) is 0 Å². The van der Waals surface area contributed by atoms with E-state index in [-0.39, 0.29) is 46.4 Å². The maximum atomic E-state index is 11.0. The van der Waals surface area contributed by atoms with Crippen molar-refractivity contribution in [1.29, 1.82) is 0 Å². The van der Waals surface area contributed by atoms with Gasteiger partial charge in [-0.2, -0.15) is 8.42 Å². The second-order valence-corrected chi connectivity index (χ2v) is 12.7. The molecule has 4 rings (SSSR count). The standard InChI is InChI=1S/C8H10O4.C6H12N2O4S.C6H12N2O3S.C5H7ClO3.C4HCl2NO2/c1-3-11-7-5(9)6(10)8(7)12-4-2;1-3-11-5-6(12-4-2)8-13(9,10)7-5;1-3-10-5-6(11-4-2)8-12(9)7-5;1-2-9-5(8)3-4(6)7;5-1-2(6)4(9)7-3(1)8/h3-4H2,1-2H3;7-8H,3-4H2,1-2H3;7-8H,3-4H2,1-2H3;2-3H2,1H3;(H,7,8,9). The van der Waals surface area contributed by atoms with E-state index in [1.54, 1.807) is 34.6 Å². The zero-order chi connectivity index (χ0) is 42.3. The highest BCUT2D eigenvalue weighted by atomic mass is 35.5. The minimum Gasteiger partial charge on any atom is -0.486 e. The van der Waals surface area contributed by atoms with Crippen LogP contribution in [0.3, 0.4) is 0 Å². The van der Waals surface area contributed by atoms with E-state index < -0.39 is 55.3 Å². The van der Waals surface area contributed by atoms with Crippen molar-refractivity contribution in [3.63, 3.8) is 0 Å². The molecule has 55 heavy (non-hydrogen) atoms. The first-order valence-electron chi connectivity index (χ1n) is 16.0. The molecule has 3 aliphatic heterocycles. The zero-order valence-corrected chi connectivity index (χ0v) is 34.5. The number of rotatable bonds is 15. The highest BCUT2D eigenvalue weighted by Gasteiger charge is 2.28. The van der Waals surface area contributed by atoms with Gasteiger partial charge in [-0.05, 0) is 60.1 Å². The summed E-state index contributed by atoms with van der Waals surface area (Å²) < 4.78 is 76.8. The van der Waals surface area contributed by atoms with Crippen molar-refractivity contribution in [3.8, 4) is 11.5 Å². The summed E-state index contributed by atoms with van der Waals surface area (Å²) in [6.45, 7) is 15.1. The Morgan fingerprint density at radius 3 is 1.22 bits per heavy atom. The molecule has 3 aliphatic rings. The lowest BCUT2D eigenvalue weighted by Crippen LogP contribution is -2.34. The molecule has 3 heterocycles. The first-order valence-corrected chi connectivity index (χ1v) is 19.7. The fourth-order valence-electron chi connectivity index (χ4n) is 3.24. The van der Waals surface area contributed by atoms with Crippen molar-refractivity contribution in [3.05, 3.63) is 54.0 Å². The van der Waals surface area contributed by atoms with Crippen LogP contribution in [0.2, 0.25) is 0 Å². The van der Waals surface area contributed by atoms with Crippen molar-refractivity contribution in [2.75, 3.05) is 46.2 Å². The van der Waals surface area contributed by atoms with Gasteiger partial charge >= 0.3 is 16.2 Å². The minimum absolute atomic E-state index is 0.0735. The van der Waals surface area contributed by atoms with Crippen LogP contribution in [-0.4, -0.2) is 81.9 Å². The predicted molar refractivity (Wildman–Crippen MR) is 198 cm³/mol. The maximum absolute atomic E-state index is 11.0. The Balaban J connectivity index is 0.000000668. The quantitative estimate of drug-likeness (QED) is 0.0533. The molecule has 0 aliphatic carbocycles. The van der Waals surface area contributed by atoms with Crippen LogP contribution in [0.25, 0.3) is 0 Å². The first kappa shape index (κ1) is 50.5. The molecule has 0 saturated carbocycles. The second-order valence-electron chi connectivity index (χ2n) is 9.16. The fourth-order valence-corrected chi connectivity index (χ4v) is 5.15. The van der Waals surface area contributed by atoms with Gasteiger partial charge in [0, 0.05) is 0 Å². The van der Waals surface area contributed by atoms with Crippen LogP contribution in [0.4, 0.5) is 0 Å². The number of amides is 2. The molecule has 2 amide bonds. The molecule has 5 N–H and O–H groups in total. The van der Waals surface area contributed by atoms with E-state index >= 15 is 0 Å². The fraction of sp³-hybridized carbons (Fsp3) is 0.517. The van der Waals surface area contributed by atoms with Crippen molar-refractivity contribution in [2.45, 2.75) is 54.9 Å². The Labute approximate surface area is 333 Å². The molecule has 26 heteroatoms. The molecule has 0 unspecified atom stereocenters. The number of esters is 1. The Morgan fingerprint density at radius 1 is 0.600 bits per heavy atom. The van der Waals surface area contributed by atoms with Crippen LogP contribution in [0, 0.1) is 0 Å². The van der Waals surface area contributed by atoms with Gasteiger partial charge in [0.05, 0.1) is 46.2 Å². The zero-order valence-electron chi connectivity index (χ0n) is 30.6. The van der Waals surface area contributed by atoms with Crippen molar-refractivity contribution in [1.82, 2.24) is 24.2 Å². The highest BCUT2D eigenvalue weighted by molar-refractivity contribution is 7.88.